The third kappa shape index (κ3) is 2.40. The number of carboxylic acids is 1. The number of hydrogen-bond acceptors (Lipinski definition) is 2. The summed E-state index contributed by atoms with van der Waals surface area (Å²) in [7, 11) is 0. The maximum Gasteiger partial charge on any atom is 0.311 e. The summed E-state index contributed by atoms with van der Waals surface area (Å²) in [6.07, 6.45) is 0.658. The van der Waals surface area contributed by atoms with Crippen molar-refractivity contribution in [3.63, 3.8) is 0 Å². The van der Waals surface area contributed by atoms with Gasteiger partial charge in [0.25, 0.3) is 0 Å². The fourth-order valence-corrected chi connectivity index (χ4v) is 1.16. The molecule has 0 bridgehead atoms. The summed E-state index contributed by atoms with van der Waals surface area (Å²) in [6.45, 7) is 0. The van der Waals surface area contributed by atoms with Crippen LogP contribution in [0.1, 0.15) is 17.9 Å². The summed E-state index contributed by atoms with van der Waals surface area (Å²) in [4.78, 5) is 21.0. The molecule has 68 valence electrons. The lowest BCUT2D eigenvalue weighted by atomic mass is 9.97. The van der Waals surface area contributed by atoms with Gasteiger partial charge < -0.3 is 9.90 Å². The zero-order valence-electron chi connectivity index (χ0n) is 7.01. The van der Waals surface area contributed by atoms with Gasteiger partial charge in [-0.15, -0.1) is 0 Å². The largest absolute Gasteiger partial charge is 0.481 e. The van der Waals surface area contributed by atoms with E-state index in [4.69, 9.17) is 5.11 Å². The van der Waals surface area contributed by atoms with Gasteiger partial charge in [-0.3, -0.25) is 4.79 Å². The quantitative estimate of drug-likeness (QED) is 0.710. The Balaban J connectivity index is 2.88. The first-order valence-electron chi connectivity index (χ1n) is 3.97. The van der Waals surface area contributed by atoms with E-state index in [9.17, 15) is 9.59 Å². The molecular weight excluding hydrogens is 168 g/mol. The van der Waals surface area contributed by atoms with Crippen molar-refractivity contribution < 1.29 is 14.7 Å². The maximum atomic E-state index is 10.7. The minimum absolute atomic E-state index is 0.0271. The fourth-order valence-electron chi connectivity index (χ4n) is 1.16. The van der Waals surface area contributed by atoms with Crippen molar-refractivity contribution >= 4 is 12.3 Å². The number of aldehydes is 1. The van der Waals surface area contributed by atoms with Crippen molar-refractivity contribution in [3.05, 3.63) is 35.9 Å². The minimum Gasteiger partial charge on any atom is -0.481 e. The molecule has 0 fully saturated rings. The van der Waals surface area contributed by atoms with Crippen molar-refractivity contribution in [2.24, 2.45) is 0 Å². The first-order chi connectivity index (χ1) is 6.25. The zero-order valence-corrected chi connectivity index (χ0v) is 7.01. The van der Waals surface area contributed by atoms with Gasteiger partial charge in [0, 0.05) is 6.42 Å². The Morgan fingerprint density at radius 1 is 1.38 bits per heavy atom. The Labute approximate surface area is 76.0 Å². The molecule has 0 aliphatic heterocycles. The molecule has 1 N–H and O–H groups in total. The highest BCUT2D eigenvalue weighted by Crippen LogP contribution is 2.17. The van der Waals surface area contributed by atoms with E-state index in [1.54, 1.807) is 24.3 Å². The molecule has 1 atom stereocenters. The van der Waals surface area contributed by atoms with Gasteiger partial charge in [-0.25, -0.2) is 0 Å². The van der Waals surface area contributed by atoms with Crippen molar-refractivity contribution in [1.29, 1.82) is 0 Å². The fraction of sp³-hybridized carbons (Fsp3) is 0.200. The van der Waals surface area contributed by atoms with E-state index in [1.807, 2.05) is 6.07 Å². The smallest absolute Gasteiger partial charge is 0.311 e. The van der Waals surface area contributed by atoms with E-state index in [0.717, 1.165) is 0 Å². The summed E-state index contributed by atoms with van der Waals surface area (Å²) >= 11 is 0. The van der Waals surface area contributed by atoms with E-state index < -0.39 is 11.9 Å². The molecule has 13 heavy (non-hydrogen) atoms. The standard InChI is InChI=1S/C10H10O3/c11-7-6-9(10(12)13)8-4-2-1-3-5-8/h1-5,7,9H,6H2,(H,12,13). The molecule has 0 spiro atoms. The number of carboxylic acid groups (broad SMARTS) is 1. The van der Waals surface area contributed by atoms with Crippen LogP contribution in [0, 0.1) is 0 Å². The van der Waals surface area contributed by atoms with Crippen molar-refractivity contribution in [2.45, 2.75) is 12.3 Å². The molecule has 0 saturated carbocycles. The van der Waals surface area contributed by atoms with Gasteiger partial charge in [0.15, 0.2) is 0 Å². The third-order valence-corrected chi connectivity index (χ3v) is 1.83. The van der Waals surface area contributed by atoms with Crippen LogP contribution >= 0.6 is 0 Å². The number of aliphatic carboxylic acids is 1. The van der Waals surface area contributed by atoms with Crippen molar-refractivity contribution in [2.75, 3.05) is 0 Å². The lowest BCUT2D eigenvalue weighted by Gasteiger charge is -2.07. The molecule has 1 aromatic rings. The Bertz CT molecular complexity index is 292. The second-order valence-corrected chi connectivity index (χ2v) is 2.70. The summed E-state index contributed by atoms with van der Waals surface area (Å²) in [5, 5.41) is 8.80. The molecule has 0 radical (unpaired) electrons. The summed E-state index contributed by atoms with van der Waals surface area (Å²) in [5.41, 5.74) is 0.669. The SMILES string of the molecule is O=CCC(C(=O)O)c1ccccc1. The topological polar surface area (TPSA) is 54.4 Å². The molecule has 0 saturated heterocycles. The van der Waals surface area contributed by atoms with Crippen molar-refractivity contribution in [3.8, 4) is 0 Å². The number of hydrogen-bond donors (Lipinski definition) is 1. The molecule has 3 nitrogen and oxygen atoms in total. The normalized spacial score (nSPS) is 12.0. The molecule has 3 heteroatoms. The Morgan fingerprint density at radius 2 is 2.00 bits per heavy atom. The molecule has 1 aromatic carbocycles. The highest BCUT2D eigenvalue weighted by molar-refractivity contribution is 5.79. The van der Waals surface area contributed by atoms with Gasteiger partial charge >= 0.3 is 5.97 Å². The van der Waals surface area contributed by atoms with Gasteiger partial charge in [0.1, 0.15) is 6.29 Å². The number of carbonyl (C=O) groups excluding carboxylic acids is 1. The predicted molar refractivity (Wildman–Crippen MR) is 47.5 cm³/mol. The Hall–Kier alpha value is -1.64. The van der Waals surface area contributed by atoms with Crippen LogP contribution in [0.15, 0.2) is 30.3 Å². The van der Waals surface area contributed by atoms with Gasteiger partial charge in [-0.1, -0.05) is 30.3 Å². The second-order valence-electron chi connectivity index (χ2n) is 2.70. The molecule has 0 heterocycles. The van der Waals surface area contributed by atoms with E-state index in [1.165, 1.54) is 0 Å². The maximum absolute atomic E-state index is 10.7. The lowest BCUT2D eigenvalue weighted by Crippen LogP contribution is -2.11. The summed E-state index contributed by atoms with van der Waals surface area (Å²) in [5.74, 6) is -1.67. The molecule has 1 rings (SSSR count). The van der Waals surface area contributed by atoms with Crippen LogP contribution in [0.3, 0.4) is 0 Å². The van der Waals surface area contributed by atoms with E-state index in [0.29, 0.717) is 11.8 Å². The monoisotopic (exact) mass is 178 g/mol. The van der Waals surface area contributed by atoms with Gasteiger partial charge in [0.2, 0.25) is 0 Å². The summed E-state index contributed by atoms with van der Waals surface area (Å²) in [6, 6.07) is 8.75. The van der Waals surface area contributed by atoms with Crippen molar-refractivity contribution in [1.82, 2.24) is 0 Å². The van der Waals surface area contributed by atoms with Gasteiger partial charge in [-0.05, 0) is 5.56 Å². The van der Waals surface area contributed by atoms with Crippen LogP contribution in [-0.2, 0) is 9.59 Å². The van der Waals surface area contributed by atoms with Crippen LogP contribution in [-0.4, -0.2) is 17.4 Å². The molecule has 1 unspecified atom stereocenters. The lowest BCUT2D eigenvalue weighted by molar-refractivity contribution is -0.139. The number of rotatable bonds is 4. The Morgan fingerprint density at radius 3 is 2.46 bits per heavy atom. The van der Waals surface area contributed by atoms with Gasteiger partial charge in [-0.2, -0.15) is 0 Å². The predicted octanol–water partition coefficient (Wildman–Crippen LogP) is 1.44. The number of benzene rings is 1. The number of carbonyl (C=O) groups is 2. The molecule has 0 aliphatic rings. The first-order valence-corrected chi connectivity index (χ1v) is 3.97. The van der Waals surface area contributed by atoms with Crippen LogP contribution in [0.5, 0.6) is 0 Å². The van der Waals surface area contributed by atoms with E-state index in [-0.39, 0.29) is 6.42 Å². The first kappa shape index (κ1) is 9.45. The minimum atomic E-state index is -0.960. The summed E-state index contributed by atoms with van der Waals surface area (Å²) < 4.78 is 0. The highest BCUT2D eigenvalue weighted by Gasteiger charge is 2.18. The van der Waals surface area contributed by atoms with E-state index in [2.05, 4.69) is 0 Å². The van der Waals surface area contributed by atoms with Crippen LogP contribution in [0.4, 0.5) is 0 Å². The average molecular weight is 178 g/mol. The molecule has 0 amide bonds. The Kier molecular flexibility index (Phi) is 3.20. The zero-order chi connectivity index (χ0) is 9.68. The van der Waals surface area contributed by atoms with Crippen LogP contribution in [0.25, 0.3) is 0 Å². The van der Waals surface area contributed by atoms with Crippen LogP contribution in [0.2, 0.25) is 0 Å². The molecule has 0 aliphatic carbocycles. The van der Waals surface area contributed by atoms with Gasteiger partial charge in [0.05, 0.1) is 5.92 Å². The highest BCUT2D eigenvalue weighted by atomic mass is 16.4. The second kappa shape index (κ2) is 4.40. The van der Waals surface area contributed by atoms with E-state index >= 15 is 0 Å². The molecular formula is C10H10O3. The third-order valence-electron chi connectivity index (χ3n) is 1.83. The van der Waals surface area contributed by atoms with Crippen LogP contribution < -0.4 is 0 Å². The average Bonchev–Trinajstić information content (AvgIpc) is 2.15. The molecule has 0 aromatic heterocycles.